The van der Waals surface area contributed by atoms with Crippen LogP contribution >= 0.6 is 0 Å². The van der Waals surface area contributed by atoms with Gasteiger partial charge >= 0.3 is 0 Å². The molecule has 0 saturated carbocycles. The van der Waals surface area contributed by atoms with Crippen molar-refractivity contribution in [1.82, 2.24) is 19.8 Å². The zero-order valence-corrected chi connectivity index (χ0v) is 13.0. The van der Waals surface area contributed by atoms with E-state index in [1.54, 1.807) is 12.3 Å². The number of alkyl halides is 2. The van der Waals surface area contributed by atoms with E-state index in [2.05, 4.69) is 17.0 Å². The number of amides is 2. The Labute approximate surface area is 136 Å². The Morgan fingerprint density at radius 2 is 2.25 bits per heavy atom. The van der Waals surface area contributed by atoms with Crippen molar-refractivity contribution in [2.45, 2.75) is 18.9 Å². The van der Waals surface area contributed by atoms with E-state index in [0.717, 1.165) is 16.5 Å². The molecule has 1 aliphatic heterocycles. The molecule has 126 valence electrons. The number of carbonyl (C=O) groups is 2. The van der Waals surface area contributed by atoms with Gasteiger partial charge in [-0.2, -0.15) is 5.10 Å². The van der Waals surface area contributed by atoms with Crippen LogP contribution in [0.25, 0.3) is 5.52 Å². The standard InChI is InChI=1S/C16H16F2N4O2/c1-3-14(23)21-8-13(16(17,18)9-21)20-15(24)11-7-19-22-5-4-10(2)6-12(11)22/h3-7,13H,1,8-9H2,2H3,(H,20,24). The van der Waals surface area contributed by atoms with Crippen LogP contribution in [0.4, 0.5) is 8.78 Å². The Kier molecular flexibility index (Phi) is 3.82. The predicted molar refractivity (Wildman–Crippen MR) is 82.9 cm³/mol. The highest BCUT2D eigenvalue weighted by molar-refractivity contribution is 6.01. The number of likely N-dealkylation sites (tertiary alicyclic amines) is 1. The van der Waals surface area contributed by atoms with Gasteiger partial charge in [-0.1, -0.05) is 6.58 Å². The highest BCUT2D eigenvalue weighted by atomic mass is 19.3. The second-order valence-corrected chi connectivity index (χ2v) is 5.80. The molecule has 2 aromatic heterocycles. The molecule has 1 fully saturated rings. The van der Waals surface area contributed by atoms with Crippen molar-refractivity contribution in [1.29, 1.82) is 0 Å². The second-order valence-electron chi connectivity index (χ2n) is 5.80. The number of fused-ring (bicyclic) bond motifs is 1. The van der Waals surface area contributed by atoms with E-state index in [0.29, 0.717) is 5.52 Å². The average Bonchev–Trinajstić information content (AvgIpc) is 3.07. The summed E-state index contributed by atoms with van der Waals surface area (Å²) in [6, 6.07) is 2.13. The predicted octanol–water partition coefficient (Wildman–Crippen LogP) is 1.40. The molecule has 0 spiro atoms. The lowest BCUT2D eigenvalue weighted by atomic mass is 10.1. The SMILES string of the molecule is C=CC(=O)N1CC(NC(=O)c2cnn3ccc(C)cc23)C(F)(F)C1. The highest BCUT2D eigenvalue weighted by Gasteiger charge is 2.50. The molecule has 8 heteroatoms. The topological polar surface area (TPSA) is 66.7 Å². The third kappa shape index (κ3) is 2.75. The molecule has 0 bridgehead atoms. The first-order valence-corrected chi connectivity index (χ1v) is 7.36. The molecule has 24 heavy (non-hydrogen) atoms. The van der Waals surface area contributed by atoms with Gasteiger partial charge in [-0.25, -0.2) is 13.3 Å². The Bertz CT molecular complexity index is 831. The minimum Gasteiger partial charge on any atom is -0.341 e. The van der Waals surface area contributed by atoms with E-state index in [-0.39, 0.29) is 12.1 Å². The van der Waals surface area contributed by atoms with Gasteiger partial charge in [-0.05, 0) is 30.7 Å². The van der Waals surface area contributed by atoms with Crippen molar-refractivity contribution < 1.29 is 18.4 Å². The summed E-state index contributed by atoms with van der Waals surface area (Å²) in [5, 5.41) is 6.36. The first kappa shape index (κ1) is 16.1. The van der Waals surface area contributed by atoms with Gasteiger partial charge < -0.3 is 10.2 Å². The fourth-order valence-corrected chi connectivity index (χ4v) is 2.73. The van der Waals surface area contributed by atoms with Gasteiger partial charge in [0.1, 0.15) is 6.04 Å². The van der Waals surface area contributed by atoms with Gasteiger partial charge in [0.15, 0.2) is 0 Å². The van der Waals surface area contributed by atoms with E-state index in [4.69, 9.17) is 0 Å². The van der Waals surface area contributed by atoms with Crippen LogP contribution in [0.15, 0.2) is 37.2 Å². The molecule has 0 aliphatic carbocycles. The first-order chi connectivity index (χ1) is 11.3. The zero-order valence-electron chi connectivity index (χ0n) is 13.0. The van der Waals surface area contributed by atoms with E-state index >= 15 is 0 Å². The molecule has 1 aliphatic rings. The molecule has 0 radical (unpaired) electrons. The number of halogens is 2. The van der Waals surface area contributed by atoms with Gasteiger partial charge in [0, 0.05) is 12.7 Å². The number of hydrogen-bond acceptors (Lipinski definition) is 3. The monoisotopic (exact) mass is 334 g/mol. The Morgan fingerprint density at radius 3 is 2.96 bits per heavy atom. The quantitative estimate of drug-likeness (QED) is 0.863. The Hall–Kier alpha value is -2.77. The lowest BCUT2D eigenvalue weighted by Gasteiger charge is -2.18. The largest absolute Gasteiger partial charge is 0.341 e. The van der Waals surface area contributed by atoms with Crippen LogP contribution in [0, 0.1) is 6.92 Å². The van der Waals surface area contributed by atoms with E-state index in [9.17, 15) is 18.4 Å². The Morgan fingerprint density at radius 1 is 1.50 bits per heavy atom. The van der Waals surface area contributed by atoms with Crippen LogP contribution in [0.3, 0.4) is 0 Å². The van der Waals surface area contributed by atoms with Gasteiger partial charge in [-0.15, -0.1) is 0 Å². The molecule has 2 aromatic rings. The molecular formula is C16H16F2N4O2. The smallest absolute Gasteiger partial charge is 0.286 e. The summed E-state index contributed by atoms with van der Waals surface area (Å²) in [5.41, 5.74) is 1.67. The minimum atomic E-state index is -3.20. The third-order valence-corrected chi connectivity index (χ3v) is 4.03. The molecule has 1 N–H and O–H groups in total. The maximum Gasteiger partial charge on any atom is 0.286 e. The number of nitrogens with one attached hydrogen (secondary N) is 1. The summed E-state index contributed by atoms with van der Waals surface area (Å²) in [6.07, 6.45) is 4.01. The molecule has 6 nitrogen and oxygen atoms in total. The number of hydrogen-bond donors (Lipinski definition) is 1. The van der Waals surface area contributed by atoms with Gasteiger partial charge in [-0.3, -0.25) is 9.59 Å². The zero-order chi connectivity index (χ0) is 17.5. The van der Waals surface area contributed by atoms with Crippen LogP contribution in [-0.2, 0) is 4.79 Å². The maximum atomic E-state index is 14.1. The third-order valence-electron chi connectivity index (χ3n) is 4.03. The fourth-order valence-electron chi connectivity index (χ4n) is 2.73. The van der Waals surface area contributed by atoms with Crippen LogP contribution in [0.1, 0.15) is 15.9 Å². The van der Waals surface area contributed by atoms with E-state index in [1.165, 1.54) is 10.7 Å². The normalized spacial score (nSPS) is 19.5. The number of rotatable bonds is 3. The average molecular weight is 334 g/mol. The van der Waals surface area contributed by atoms with Crippen LogP contribution in [0.5, 0.6) is 0 Å². The maximum absolute atomic E-state index is 14.1. The molecule has 2 amide bonds. The molecule has 3 heterocycles. The summed E-state index contributed by atoms with van der Waals surface area (Å²) in [5.74, 6) is -4.43. The van der Waals surface area contributed by atoms with Gasteiger partial charge in [0.25, 0.3) is 11.8 Å². The van der Waals surface area contributed by atoms with Crippen LogP contribution in [-0.4, -0.2) is 51.4 Å². The second kappa shape index (κ2) is 5.70. The van der Waals surface area contributed by atoms with Crippen molar-refractivity contribution in [2.24, 2.45) is 0 Å². The number of pyridine rings is 1. The van der Waals surface area contributed by atoms with Crippen molar-refractivity contribution in [3.8, 4) is 0 Å². The summed E-state index contributed by atoms with van der Waals surface area (Å²) >= 11 is 0. The lowest BCUT2D eigenvalue weighted by Crippen LogP contribution is -2.46. The number of nitrogens with zero attached hydrogens (tertiary/aromatic N) is 3. The molecule has 1 atom stereocenters. The first-order valence-electron chi connectivity index (χ1n) is 7.36. The molecule has 1 saturated heterocycles. The molecule has 3 rings (SSSR count). The Balaban J connectivity index is 1.82. The fraction of sp³-hybridized carbons (Fsp3) is 0.312. The highest BCUT2D eigenvalue weighted by Crippen LogP contribution is 2.28. The van der Waals surface area contributed by atoms with E-state index < -0.39 is 30.3 Å². The minimum absolute atomic E-state index is 0.211. The summed E-state index contributed by atoms with van der Waals surface area (Å²) in [6.45, 7) is 4.15. The summed E-state index contributed by atoms with van der Waals surface area (Å²) in [7, 11) is 0. The van der Waals surface area contributed by atoms with Crippen molar-refractivity contribution in [2.75, 3.05) is 13.1 Å². The van der Waals surface area contributed by atoms with E-state index in [1.807, 2.05) is 13.0 Å². The molecular weight excluding hydrogens is 318 g/mol. The number of carbonyl (C=O) groups excluding carboxylic acids is 2. The summed E-state index contributed by atoms with van der Waals surface area (Å²) < 4.78 is 29.6. The summed E-state index contributed by atoms with van der Waals surface area (Å²) in [4.78, 5) is 24.9. The number of aryl methyl sites for hydroxylation is 1. The van der Waals surface area contributed by atoms with Crippen LogP contribution in [0.2, 0.25) is 0 Å². The van der Waals surface area contributed by atoms with Gasteiger partial charge in [0.05, 0.1) is 23.8 Å². The lowest BCUT2D eigenvalue weighted by molar-refractivity contribution is -0.126. The molecule has 0 aromatic carbocycles. The van der Waals surface area contributed by atoms with Gasteiger partial charge in [0.2, 0.25) is 5.91 Å². The van der Waals surface area contributed by atoms with Crippen LogP contribution < -0.4 is 5.32 Å². The van der Waals surface area contributed by atoms with Crippen molar-refractivity contribution in [3.05, 3.63) is 48.3 Å². The van der Waals surface area contributed by atoms with Crippen molar-refractivity contribution >= 4 is 17.3 Å². The van der Waals surface area contributed by atoms with Crippen molar-refractivity contribution in [3.63, 3.8) is 0 Å². The number of aromatic nitrogens is 2. The molecule has 1 unspecified atom stereocenters.